The molecule has 0 saturated heterocycles. The van der Waals surface area contributed by atoms with Crippen LogP contribution in [0.3, 0.4) is 0 Å². The molecule has 110 valence electrons. The molecule has 0 heterocycles. The van der Waals surface area contributed by atoms with Crippen molar-refractivity contribution in [2.75, 3.05) is 26.2 Å². The van der Waals surface area contributed by atoms with Crippen LogP contribution in [0.25, 0.3) is 0 Å². The first-order valence-corrected chi connectivity index (χ1v) is 7.24. The number of benzene rings is 1. The van der Waals surface area contributed by atoms with Crippen LogP contribution in [0.15, 0.2) is 24.3 Å². The van der Waals surface area contributed by atoms with E-state index in [0.29, 0.717) is 6.04 Å². The van der Waals surface area contributed by atoms with Crippen molar-refractivity contribution in [3.05, 3.63) is 29.8 Å². The zero-order valence-electron chi connectivity index (χ0n) is 12.7. The predicted octanol–water partition coefficient (Wildman–Crippen LogP) is 2.41. The van der Waals surface area contributed by atoms with E-state index in [1.54, 1.807) is 0 Å². The second-order valence-electron chi connectivity index (χ2n) is 4.86. The molecule has 4 nitrogen and oxygen atoms in total. The van der Waals surface area contributed by atoms with E-state index >= 15 is 0 Å². The molecular formula is C16H25N3O. The van der Waals surface area contributed by atoms with Gasteiger partial charge in [0.25, 0.3) is 0 Å². The van der Waals surface area contributed by atoms with Crippen molar-refractivity contribution < 1.29 is 4.74 Å². The first-order chi connectivity index (χ1) is 9.69. The van der Waals surface area contributed by atoms with Gasteiger partial charge >= 0.3 is 0 Å². The zero-order valence-corrected chi connectivity index (χ0v) is 12.7. The highest BCUT2D eigenvalue weighted by atomic mass is 16.5. The Bertz CT molecular complexity index is 407. The number of hydrogen-bond donors (Lipinski definition) is 1. The maximum atomic E-state index is 8.45. The van der Waals surface area contributed by atoms with Crippen molar-refractivity contribution in [1.29, 1.82) is 5.26 Å². The third-order valence-corrected chi connectivity index (χ3v) is 3.31. The van der Waals surface area contributed by atoms with Crippen molar-refractivity contribution in [1.82, 2.24) is 10.2 Å². The summed E-state index contributed by atoms with van der Waals surface area (Å²) in [6.07, 6.45) is 0. The molecule has 0 fully saturated rings. The molecule has 0 amide bonds. The Hall–Kier alpha value is -1.57. The average Bonchev–Trinajstić information content (AvgIpc) is 2.49. The molecule has 0 aliphatic heterocycles. The standard InChI is InChI=1S/C16H25N3O/c1-4-19(5-2)13-14(3)18-12-15-6-8-16(9-7-15)20-11-10-17/h6-9,14,18H,4-5,11-13H2,1-3H3. The lowest BCUT2D eigenvalue weighted by Gasteiger charge is -2.23. The monoisotopic (exact) mass is 275 g/mol. The Labute approximate surface area is 122 Å². The maximum absolute atomic E-state index is 8.45. The molecule has 1 atom stereocenters. The molecular weight excluding hydrogens is 250 g/mol. The number of ether oxygens (including phenoxy) is 1. The van der Waals surface area contributed by atoms with Gasteiger partial charge in [-0.05, 0) is 37.7 Å². The number of nitriles is 1. The van der Waals surface area contributed by atoms with E-state index < -0.39 is 0 Å². The minimum absolute atomic E-state index is 0.0957. The molecule has 0 aliphatic carbocycles. The minimum atomic E-state index is 0.0957. The van der Waals surface area contributed by atoms with Crippen molar-refractivity contribution in [3.8, 4) is 11.8 Å². The molecule has 1 aromatic rings. The van der Waals surface area contributed by atoms with E-state index in [2.05, 4.69) is 31.0 Å². The van der Waals surface area contributed by atoms with Crippen LogP contribution >= 0.6 is 0 Å². The lowest BCUT2D eigenvalue weighted by molar-refractivity contribution is 0.270. The molecule has 20 heavy (non-hydrogen) atoms. The van der Waals surface area contributed by atoms with E-state index in [-0.39, 0.29) is 6.61 Å². The van der Waals surface area contributed by atoms with Gasteiger partial charge in [-0.15, -0.1) is 0 Å². The molecule has 1 unspecified atom stereocenters. The van der Waals surface area contributed by atoms with E-state index in [1.165, 1.54) is 5.56 Å². The molecule has 4 heteroatoms. The maximum Gasteiger partial charge on any atom is 0.174 e. The SMILES string of the molecule is CCN(CC)CC(C)NCc1ccc(OCC#N)cc1. The lowest BCUT2D eigenvalue weighted by Crippen LogP contribution is -2.38. The third kappa shape index (κ3) is 6.05. The van der Waals surface area contributed by atoms with Crippen molar-refractivity contribution in [3.63, 3.8) is 0 Å². The fourth-order valence-electron chi connectivity index (χ4n) is 2.04. The molecule has 1 aromatic carbocycles. The van der Waals surface area contributed by atoms with Crippen molar-refractivity contribution in [2.45, 2.75) is 33.4 Å². The van der Waals surface area contributed by atoms with Crippen LogP contribution in [-0.4, -0.2) is 37.2 Å². The van der Waals surface area contributed by atoms with E-state index in [0.717, 1.165) is 31.9 Å². The van der Waals surface area contributed by atoms with E-state index in [1.807, 2.05) is 30.3 Å². The fourth-order valence-corrected chi connectivity index (χ4v) is 2.04. The van der Waals surface area contributed by atoms with Crippen LogP contribution in [0, 0.1) is 11.3 Å². The van der Waals surface area contributed by atoms with Crippen LogP contribution in [0.2, 0.25) is 0 Å². The van der Waals surface area contributed by atoms with Crippen molar-refractivity contribution in [2.24, 2.45) is 0 Å². The quantitative estimate of drug-likeness (QED) is 0.752. The Kier molecular flexibility index (Phi) is 7.71. The van der Waals surface area contributed by atoms with Gasteiger partial charge in [-0.2, -0.15) is 5.26 Å². The fraction of sp³-hybridized carbons (Fsp3) is 0.562. The second kappa shape index (κ2) is 9.35. The average molecular weight is 275 g/mol. The summed E-state index contributed by atoms with van der Waals surface area (Å²) in [4.78, 5) is 2.41. The largest absolute Gasteiger partial charge is 0.479 e. The molecule has 1 rings (SSSR count). The molecule has 0 spiro atoms. The smallest absolute Gasteiger partial charge is 0.174 e. The van der Waals surface area contributed by atoms with Crippen LogP contribution in [-0.2, 0) is 6.54 Å². The summed E-state index contributed by atoms with van der Waals surface area (Å²) in [5.74, 6) is 0.742. The van der Waals surface area contributed by atoms with Gasteiger partial charge < -0.3 is 15.0 Å². The van der Waals surface area contributed by atoms with Gasteiger partial charge in [0.15, 0.2) is 6.61 Å². The first-order valence-electron chi connectivity index (χ1n) is 7.24. The minimum Gasteiger partial charge on any atom is -0.479 e. The van der Waals surface area contributed by atoms with Gasteiger partial charge in [0.05, 0.1) is 0 Å². The Balaban J connectivity index is 2.36. The Morgan fingerprint density at radius 1 is 1.25 bits per heavy atom. The summed E-state index contributed by atoms with van der Waals surface area (Å²) in [6.45, 7) is 10.8. The summed E-state index contributed by atoms with van der Waals surface area (Å²) >= 11 is 0. The molecule has 0 saturated carbocycles. The summed E-state index contributed by atoms with van der Waals surface area (Å²) in [5.41, 5.74) is 1.22. The highest BCUT2D eigenvalue weighted by Gasteiger charge is 2.06. The van der Waals surface area contributed by atoms with Gasteiger partial charge in [0.2, 0.25) is 0 Å². The molecule has 0 aromatic heterocycles. The van der Waals surface area contributed by atoms with E-state index in [4.69, 9.17) is 10.00 Å². The predicted molar refractivity (Wildman–Crippen MR) is 81.6 cm³/mol. The highest BCUT2D eigenvalue weighted by Crippen LogP contribution is 2.12. The van der Waals surface area contributed by atoms with Gasteiger partial charge in [0.1, 0.15) is 11.8 Å². The summed E-state index contributed by atoms with van der Waals surface area (Å²) < 4.78 is 5.23. The first kappa shape index (κ1) is 16.5. The number of likely N-dealkylation sites (N-methyl/N-ethyl adjacent to an activating group) is 1. The summed E-state index contributed by atoms with van der Waals surface area (Å²) in [7, 11) is 0. The number of hydrogen-bond acceptors (Lipinski definition) is 4. The second-order valence-corrected chi connectivity index (χ2v) is 4.86. The van der Waals surface area contributed by atoms with Crippen LogP contribution in [0.1, 0.15) is 26.3 Å². The molecule has 0 bridgehead atoms. The number of rotatable bonds is 9. The van der Waals surface area contributed by atoms with Crippen LogP contribution < -0.4 is 10.1 Å². The molecule has 0 radical (unpaired) electrons. The summed E-state index contributed by atoms with van der Waals surface area (Å²) in [6, 6.07) is 10.3. The lowest BCUT2D eigenvalue weighted by atomic mass is 10.2. The van der Waals surface area contributed by atoms with Crippen LogP contribution in [0.4, 0.5) is 0 Å². The normalized spacial score (nSPS) is 12.2. The van der Waals surface area contributed by atoms with Crippen LogP contribution in [0.5, 0.6) is 5.75 Å². The molecule has 1 N–H and O–H groups in total. The van der Waals surface area contributed by atoms with Gasteiger partial charge in [-0.3, -0.25) is 0 Å². The van der Waals surface area contributed by atoms with E-state index in [9.17, 15) is 0 Å². The summed E-state index contributed by atoms with van der Waals surface area (Å²) in [5, 5.41) is 12.0. The Morgan fingerprint density at radius 3 is 2.45 bits per heavy atom. The van der Waals surface area contributed by atoms with Crippen molar-refractivity contribution >= 4 is 0 Å². The zero-order chi connectivity index (χ0) is 14.8. The Morgan fingerprint density at radius 2 is 1.90 bits per heavy atom. The number of nitrogens with one attached hydrogen (secondary N) is 1. The van der Waals surface area contributed by atoms with Gasteiger partial charge in [-0.1, -0.05) is 26.0 Å². The number of nitrogens with zero attached hydrogens (tertiary/aromatic N) is 2. The molecule has 0 aliphatic rings. The third-order valence-electron chi connectivity index (χ3n) is 3.31. The van der Waals surface area contributed by atoms with Gasteiger partial charge in [-0.25, -0.2) is 0 Å². The highest BCUT2D eigenvalue weighted by molar-refractivity contribution is 5.27. The topological polar surface area (TPSA) is 48.3 Å². The van der Waals surface area contributed by atoms with Gasteiger partial charge in [0, 0.05) is 19.1 Å².